The van der Waals surface area contributed by atoms with Crippen LogP contribution in [0.15, 0.2) is 49.4 Å². The van der Waals surface area contributed by atoms with Gasteiger partial charge in [-0.1, -0.05) is 24.3 Å². The first-order valence-corrected chi connectivity index (χ1v) is 9.39. The molecule has 0 amide bonds. The van der Waals surface area contributed by atoms with Crippen molar-refractivity contribution in [2.45, 2.75) is 12.5 Å². The molecule has 13 heteroatoms. The Labute approximate surface area is 212 Å². The maximum absolute atomic E-state index is 11.6. The Balaban J connectivity index is 0.000000340. The molecule has 12 nitrogen and oxygen atoms in total. The smallest absolute Gasteiger partial charge is 0.870 e. The van der Waals surface area contributed by atoms with E-state index in [2.05, 4.69) is 16.9 Å². The fourth-order valence-electron chi connectivity index (χ4n) is 3.11. The van der Waals surface area contributed by atoms with Crippen LogP contribution in [0.1, 0.15) is 15.9 Å². The SMILES string of the molecule is Cn1c(=O)c2[nH]cnc2n(C)c1=O.[CH2-]C(Cc1cccc2cc(C(=O)O)c(=O)oc12)OC.[Hg+2].[OH-]. The monoisotopic (exact) mass is 660 g/mol. The molecule has 4 aromatic rings. The third kappa shape index (κ3) is 5.69. The molecule has 34 heavy (non-hydrogen) atoms. The predicted octanol–water partition coefficient (Wildman–Crippen LogP) is 0.664. The van der Waals surface area contributed by atoms with E-state index < -0.39 is 11.6 Å². The summed E-state index contributed by atoms with van der Waals surface area (Å²) in [5.41, 5.74) is -0.0810. The van der Waals surface area contributed by atoms with Gasteiger partial charge < -0.3 is 31.6 Å². The molecule has 0 aliphatic carbocycles. The third-order valence-electron chi connectivity index (χ3n) is 4.88. The second-order valence-electron chi connectivity index (χ2n) is 6.96. The van der Waals surface area contributed by atoms with Crippen LogP contribution in [0.2, 0.25) is 0 Å². The summed E-state index contributed by atoms with van der Waals surface area (Å²) in [6.07, 6.45) is 1.60. The summed E-state index contributed by atoms with van der Waals surface area (Å²) in [5, 5.41) is 9.46. The van der Waals surface area contributed by atoms with Gasteiger partial charge in [-0.2, -0.15) is 0 Å². The molecule has 1 aromatic carbocycles. The van der Waals surface area contributed by atoms with Gasteiger partial charge in [0.1, 0.15) is 16.7 Å². The van der Waals surface area contributed by atoms with Crippen LogP contribution < -0.4 is 16.9 Å². The number of H-pyrrole nitrogens is 1. The number of carboxylic acids is 1. The zero-order valence-corrected chi connectivity index (χ0v) is 24.3. The molecule has 0 aliphatic heterocycles. The number of imidazole rings is 1. The summed E-state index contributed by atoms with van der Waals surface area (Å²) < 4.78 is 12.5. The Hall–Kier alpha value is -3.09. The standard InChI is InChI=1S/C14H13O5.C7H8N4O2.Hg.H2O/c1-8(18-2)6-9-4-3-5-10-7-11(13(15)16)14(17)19-12(9)10;1-10-5-4(8-3-9-5)6(12)11(2)7(10)13;;/h3-5,7-8H,1,6H2,2H3,(H,15,16);3H,1-2H3,(H,8,9);;1H2/q-1;;+2;/p-1. The number of fused-ring (bicyclic) bond motifs is 2. The van der Waals surface area contributed by atoms with Crippen molar-refractivity contribution in [2.75, 3.05) is 7.11 Å². The van der Waals surface area contributed by atoms with Crippen LogP contribution in [-0.4, -0.2) is 48.9 Å². The molecule has 0 fully saturated rings. The van der Waals surface area contributed by atoms with Crippen molar-refractivity contribution in [2.24, 2.45) is 14.1 Å². The predicted molar refractivity (Wildman–Crippen MR) is 118 cm³/mol. The van der Waals surface area contributed by atoms with Gasteiger partial charge in [0.25, 0.3) is 5.56 Å². The Bertz CT molecular complexity index is 1480. The van der Waals surface area contributed by atoms with Crippen LogP contribution in [0.5, 0.6) is 0 Å². The molecule has 0 radical (unpaired) electrons. The van der Waals surface area contributed by atoms with Crippen LogP contribution >= 0.6 is 0 Å². The van der Waals surface area contributed by atoms with Crippen molar-refractivity contribution in [1.82, 2.24) is 19.1 Å². The Morgan fingerprint density at radius 3 is 2.56 bits per heavy atom. The van der Waals surface area contributed by atoms with Gasteiger partial charge in [0.2, 0.25) is 0 Å². The molecule has 0 saturated carbocycles. The minimum absolute atomic E-state index is 0. The minimum atomic E-state index is -1.30. The molecular weight excluding hydrogens is 637 g/mol. The first-order valence-electron chi connectivity index (χ1n) is 9.39. The van der Waals surface area contributed by atoms with Gasteiger partial charge in [0.05, 0.1) is 6.33 Å². The Morgan fingerprint density at radius 2 is 1.94 bits per heavy atom. The number of aryl methyl sites for hydroxylation is 1. The van der Waals surface area contributed by atoms with Gasteiger partial charge >= 0.3 is 45.0 Å². The number of hydrogen-bond donors (Lipinski definition) is 2. The fraction of sp³-hybridized carbons (Fsp3) is 0.238. The average molecular weight is 659 g/mol. The molecule has 1 unspecified atom stereocenters. The van der Waals surface area contributed by atoms with Gasteiger partial charge in [-0.15, -0.1) is 0 Å². The van der Waals surface area contributed by atoms with Gasteiger partial charge in [-0.3, -0.25) is 13.9 Å². The second kappa shape index (κ2) is 11.9. The van der Waals surface area contributed by atoms with Crippen molar-refractivity contribution >= 4 is 28.1 Å². The van der Waals surface area contributed by atoms with E-state index in [1.54, 1.807) is 32.4 Å². The Kier molecular flexibility index (Phi) is 10.1. The number of rotatable bonds is 4. The van der Waals surface area contributed by atoms with Crippen molar-refractivity contribution < 1.29 is 52.2 Å². The summed E-state index contributed by atoms with van der Waals surface area (Å²) in [5.74, 6) is -1.30. The van der Waals surface area contributed by atoms with Gasteiger partial charge in [-0.05, 0) is 18.1 Å². The van der Waals surface area contributed by atoms with Gasteiger partial charge in [0, 0.05) is 26.6 Å². The summed E-state index contributed by atoms with van der Waals surface area (Å²) in [6.45, 7) is 3.79. The first-order chi connectivity index (χ1) is 15.1. The van der Waals surface area contributed by atoms with Crippen LogP contribution in [-0.2, 0) is 52.9 Å². The zero-order valence-electron chi connectivity index (χ0n) is 18.8. The normalized spacial score (nSPS) is 11.2. The molecule has 4 rings (SSSR count). The van der Waals surface area contributed by atoms with E-state index >= 15 is 0 Å². The number of para-hydroxylation sites is 1. The number of ether oxygens (including phenoxy) is 1. The molecule has 0 aliphatic rings. The van der Waals surface area contributed by atoms with Crippen LogP contribution in [0.25, 0.3) is 22.1 Å². The molecule has 0 spiro atoms. The molecule has 176 valence electrons. The topological polar surface area (TPSA) is 179 Å². The number of aromatic amines is 1. The summed E-state index contributed by atoms with van der Waals surface area (Å²) in [4.78, 5) is 51.9. The summed E-state index contributed by atoms with van der Waals surface area (Å²) in [6, 6.07) is 6.57. The van der Waals surface area contributed by atoms with Crippen LogP contribution in [0.3, 0.4) is 0 Å². The van der Waals surface area contributed by atoms with Crippen LogP contribution in [0.4, 0.5) is 0 Å². The fourth-order valence-corrected chi connectivity index (χ4v) is 3.11. The minimum Gasteiger partial charge on any atom is -0.870 e. The van der Waals surface area contributed by atoms with E-state index in [1.165, 1.54) is 24.0 Å². The number of nitrogens with one attached hydrogen (secondary N) is 1. The number of aromatic carboxylic acids is 1. The molecule has 3 heterocycles. The van der Waals surface area contributed by atoms with Crippen molar-refractivity contribution in [3.05, 3.63) is 79.9 Å². The van der Waals surface area contributed by atoms with E-state index in [0.29, 0.717) is 28.6 Å². The summed E-state index contributed by atoms with van der Waals surface area (Å²) >= 11 is 0. The molecule has 3 N–H and O–H groups in total. The van der Waals surface area contributed by atoms with Gasteiger partial charge in [-0.25, -0.2) is 19.4 Å². The summed E-state index contributed by atoms with van der Waals surface area (Å²) in [7, 11) is 4.55. The number of hydrogen-bond acceptors (Lipinski definition) is 8. The second-order valence-corrected chi connectivity index (χ2v) is 6.96. The maximum Gasteiger partial charge on any atom is 2.00 e. The number of methoxy groups -OCH3 is 1. The quantitative estimate of drug-likeness (QED) is 0.181. The van der Waals surface area contributed by atoms with Crippen LogP contribution in [0, 0.1) is 6.92 Å². The molecule has 0 saturated heterocycles. The number of carboxylic acid groups (broad SMARTS) is 1. The molecule has 3 aromatic heterocycles. The molecule has 1 atom stereocenters. The number of aromatic nitrogens is 4. The third-order valence-corrected chi connectivity index (χ3v) is 4.88. The van der Waals surface area contributed by atoms with E-state index in [9.17, 15) is 19.2 Å². The average Bonchev–Trinajstić information content (AvgIpc) is 3.26. The first kappa shape index (κ1) is 28.9. The Morgan fingerprint density at radius 1 is 1.26 bits per heavy atom. The molecular formula is C21H22HgN4O8. The van der Waals surface area contributed by atoms with E-state index in [0.717, 1.165) is 10.1 Å². The van der Waals surface area contributed by atoms with Crippen molar-refractivity contribution in [3.8, 4) is 0 Å². The molecule has 0 bridgehead atoms. The number of carbonyl (C=O) groups is 1. The maximum atomic E-state index is 11.6. The zero-order chi connectivity index (χ0) is 23.6. The van der Waals surface area contributed by atoms with Crippen molar-refractivity contribution in [3.63, 3.8) is 0 Å². The van der Waals surface area contributed by atoms with E-state index in [-0.39, 0.29) is 56.1 Å². The van der Waals surface area contributed by atoms with Crippen molar-refractivity contribution in [1.29, 1.82) is 0 Å². The van der Waals surface area contributed by atoms with Gasteiger partial charge in [0.15, 0.2) is 5.65 Å². The van der Waals surface area contributed by atoms with E-state index in [4.69, 9.17) is 14.3 Å². The number of nitrogens with zero attached hydrogens (tertiary/aromatic N) is 3. The largest absolute Gasteiger partial charge is 2.00 e. The van der Waals surface area contributed by atoms with E-state index in [1.807, 2.05) is 0 Å². The number of benzene rings is 1.